The van der Waals surface area contributed by atoms with E-state index in [1.54, 1.807) is 6.07 Å². The predicted octanol–water partition coefficient (Wildman–Crippen LogP) is 2.85. The average molecular weight is 393 g/mol. The van der Waals surface area contributed by atoms with Crippen molar-refractivity contribution in [2.24, 2.45) is 5.73 Å². The number of nitrogens with two attached hydrogens (primary N) is 1. The fraction of sp³-hybridized carbons (Fsp3) is 0.227. The Bertz CT molecular complexity index is 1070. The number of benzene rings is 2. The van der Waals surface area contributed by atoms with Crippen LogP contribution in [-0.2, 0) is 27.3 Å². The molecule has 29 heavy (non-hydrogen) atoms. The minimum Gasteiger partial charge on any atom is -0.445 e. The van der Waals surface area contributed by atoms with Crippen molar-refractivity contribution in [1.82, 2.24) is 4.57 Å². The van der Waals surface area contributed by atoms with Gasteiger partial charge in [0.15, 0.2) is 6.73 Å². The molecule has 2 aromatic carbocycles. The van der Waals surface area contributed by atoms with E-state index in [0.717, 1.165) is 16.8 Å². The molecule has 0 saturated carbocycles. The summed E-state index contributed by atoms with van der Waals surface area (Å²) in [4.78, 5) is 35.6. The van der Waals surface area contributed by atoms with Gasteiger partial charge in [0.2, 0.25) is 0 Å². The lowest BCUT2D eigenvalue weighted by Gasteiger charge is -2.11. The number of primary amides is 1. The molecule has 3 N–H and O–H groups in total. The molecular formula is C22H23N3O4. The molecule has 0 fully saturated rings. The number of nitrogens with one attached hydrogen (secondary N) is 1. The Morgan fingerprint density at radius 1 is 1.07 bits per heavy atom. The Hall–Kier alpha value is -3.61. The van der Waals surface area contributed by atoms with Gasteiger partial charge in [-0.15, -0.1) is 0 Å². The van der Waals surface area contributed by atoms with E-state index in [1.807, 2.05) is 54.0 Å². The van der Waals surface area contributed by atoms with E-state index in [2.05, 4.69) is 5.32 Å². The summed E-state index contributed by atoms with van der Waals surface area (Å²) in [5.74, 6) is -2.16. The van der Waals surface area contributed by atoms with Crippen LogP contribution >= 0.6 is 0 Å². The van der Waals surface area contributed by atoms with Gasteiger partial charge in [-0.25, -0.2) is 0 Å². The molecule has 3 aromatic rings. The zero-order valence-corrected chi connectivity index (χ0v) is 16.4. The Labute approximate surface area is 168 Å². The molecule has 3 rings (SSSR count). The molecular weight excluding hydrogens is 370 g/mol. The molecule has 0 bridgehead atoms. The summed E-state index contributed by atoms with van der Waals surface area (Å²) in [6, 6.07) is 15.4. The number of ketones is 1. The number of nitrogens with zero attached hydrogens (tertiary/aromatic N) is 1. The van der Waals surface area contributed by atoms with Crippen molar-refractivity contribution < 1.29 is 19.1 Å². The molecule has 0 aliphatic heterocycles. The van der Waals surface area contributed by atoms with Crippen LogP contribution in [0.1, 0.15) is 35.5 Å². The molecule has 1 heterocycles. The van der Waals surface area contributed by atoms with Crippen molar-refractivity contribution in [2.75, 3.05) is 12.0 Å². The summed E-state index contributed by atoms with van der Waals surface area (Å²) in [6.07, 6.45) is 0.541. The first-order chi connectivity index (χ1) is 13.9. The molecule has 0 atom stereocenters. The van der Waals surface area contributed by atoms with Gasteiger partial charge in [0.1, 0.15) is 0 Å². The first kappa shape index (κ1) is 20.1. The number of hydrogen-bond donors (Lipinski definition) is 2. The average Bonchev–Trinajstić information content (AvgIpc) is 3.02. The molecule has 0 radical (unpaired) electrons. The van der Waals surface area contributed by atoms with Crippen LogP contribution in [0.2, 0.25) is 0 Å². The largest absolute Gasteiger partial charge is 0.445 e. The number of carbonyl (C=O) groups excluding carboxylic acids is 3. The number of Topliss-reactive ketones (excluding diaryl/α,β-unsaturated/α-hetero) is 1. The SMILES string of the molecule is CCc1c(C(=O)C(N)=O)c2c(NCOC(C)=O)cccc2n1Cc1ccccc1. The van der Waals surface area contributed by atoms with E-state index in [0.29, 0.717) is 24.0 Å². The quantitative estimate of drug-likeness (QED) is 0.265. The van der Waals surface area contributed by atoms with Gasteiger partial charge in [-0.1, -0.05) is 43.3 Å². The highest BCUT2D eigenvalue weighted by Gasteiger charge is 2.26. The van der Waals surface area contributed by atoms with E-state index in [-0.39, 0.29) is 12.3 Å². The van der Waals surface area contributed by atoms with Crippen LogP contribution in [-0.4, -0.2) is 29.0 Å². The molecule has 0 aliphatic rings. The summed E-state index contributed by atoms with van der Waals surface area (Å²) < 4.78 is 6.99. The Kier molecular flexibility index (Phi) is 5.97. The van der Waals surface area contributed by atoms with Crippen LogP contribution in [0.15, 0.2) is 48.5 Å². The monoisotopic (exact) mass is 393 g/mol. The highest BCUT2D eigenvalue weighted by molar-refractivity contribution is 6.45. The van der Waals surface area contributed by atoms with E-state index >= 15 is 0 Å². The Balaban J connectivity index is 2.21. The lowest BCUT2D eigenvalue weighted by atomic mass is 10.0. The third-order valence-corrected chi connectivity index (χ3v) is 4.70. The van der Waals surface area contributed by atoms with Crippen molar-refractivity contribution >= 4 is 34.3 Å². The predicted molar refractivity (Wildman–Crippen MR) is 111 cm³/mol. The summed E-state index contributed by atoms with van der Waals surface area (Å²) in [7, 11) is 0. The molecule has 0 saturated heterocycles. The van der Waals surface area contributed by atoms with Gasteiger partial charge in [0.05, 0.1) is 11.1 Å². The van der Waals surface area contributed by atoms with Crippen LogP contribution < -0.4 is 11.1 Å². The summed E-state index contributed by atoms with van der Waals surface area (Å²) in [5, 5.41) is 3.61. The topological polar surface area (TPSA) is 103 Å². The zero-order valence-electron chi connectivity index (χ0n) is 16.4. The maximum Gasteiger partial charge on any atom is 0.304 e. The second-order valence-electron chi connectivity index (χ2n) is 6.60. The van der Waals surface area contributed by atoms with Gasteiger partial charge in [-0.05, 0) is 24.1 Å². The molecule has 7 nitrogen and oxygen atoms in total. The van der Waals surface area contributed by atoms with Gasteiger partial charge in [0.25, 0.3) is 11.7 Å². The number of ether oxygens (including phenoxy) is 1. The normalized spacial score (nSPS) is 10.7. The minimum atomic E-state index is -1.01. The Morgan fingerprint density at radius 3 is 2.41 bits per heavy atom. The molecule has 7 heteroatoms. The van der Waals surface area contributed by atoms with Gasteiger partial charge in [-0.2, -0.15) is 0 Å². The maximum absolute atomic E-state index is 12.7. The number of anilines is 1. The number of hydrogen-bond acceptors (Lipinski definition) is 5. The number of amides is 1. The van der Waals surface area contributed by atoms with Gasteiger partial charge in [0, 0.05) is 30.2 Å². The third kappa shape index (κ3) is 4.13. The molecule has 0 unspecified atom stereocenters. The molecule has 150 valence electrons. The van der Waals surface area contributed by atoms with Crippen molar-refractivity contribution in [3.63, 3.8) is 0 Å². The molecule has 0 spiro atoms. The summed E-state index contributed by atoms with van der Waals surface area (Å²) in [6.45, 7) is 3.74. The van der Waals surface area contributed by atoms with Crippen LogP contribution in [0.3, 0.4) is 0 Å². The van der Waals surface area contributed by atoms with Crippen LogP contribution in [0, 0.1) is 0 Å². The van der Waals surface area contributed by atoms with Gasteiger partial charge < -0.3 is 20.4 Å². The lowest BCUT2D eigenvalue weighted by molar-refractivity contribution is -0.140. The smallest absolute Gasteiger partial charge is 0.304 e. The highest BCUT2D eigenvalue weighted by Crippen LogP contribution is 2.34. The number of rotatable bonds is 8. The Morgan fingerprint density at radius 2 is 1.79 bits per heavy atom. The number of aromatic nitrogens is 1. The van der Waals surface area contributed by atoms with E-state index in [9.17, 15) is 14.4 Å². The number of fused-ring (bicyclic) bond motifs is 1. The van der Waals surface area contributed by atoms with E-state index < -0.39 is 17.7 Å². The third-order valence-electron chi connectivity index (χ3n) is 4.70. The summed E-state index contributed by atoms with van der Waals surface area (Å²) in [5.41, 5.74) is 8.82. The molecule has 0 aliphatic carbocycles. The van der Waals surface area contributed by atoms with Crippen molar-refractivity contribution in [3.05, 3.63) is 65.4 Å². The molecule has 1 amide bonds. The van der Waals surface area contributed by atoms with Crippen LogP contribution in [0.25, 0.3) is 10.9 Å². The van der Waals surface area contributed by atoms with Gasteiger partial charge >= 0.3 is 5.97 Å². The zero-order chi connectivity index (χ0) is 21.0. The van der Waals surface area contributed by atoms with E-state index in [1.165, 1.54) is 6.92 Å². The fourth-order valence-electron chi connectivity index (χ4n) is 3.50. The van der Waals surface area contributed by atoms with Crippen LogP contribution in [0.5, 0.6) is 0 Å². The number of carbonyl (C=O) groups is 3. The van der Waals surface area contributed by atoms with Crippen molar-refractivity contribution in [3.8, 4) is 0 Å². The first-order valence-corrected chi connectivity index (χ1v) is 9.33. The lowest BCUT2D eigenvalue weighted by Crippen LogP contribution is -2.24. The summed E-state index contributed by atoms with van der Waals surface area (Å²) >= 11 is 0. The van der Waals surface area contributed by atoms with Crippen molar-refractivity contribution in [2.45, 2.75) is 26.8 Å². The van der Waals surface area contributed by atoms with E-state index in [4.69, 9.17) is 10.5 Å². The fourth-order valence-corrected chi connectivity index (χ4v) is 3.50. The first-order valence-electron chi connectivity index (χ1n) is 9.33. The number of esters is 1. The van der Waals surface area contributed by atoms with Crippen molar-refractivity contribution in [1.29, 1.82) is 0 Å². The minimum absolute atomic E-state index is 0.0516. The molecule has 1 aromatic heterocycles. The second kappa shape index (κ2) is 8.60. The maximum atomic E-state index is 12.7. The second-order valence-corrected chi connectivity index (χ2v) is 6.60. The standard InChI is InChI=1S/C22H23N3O4/c1-3-17-20(21(27)22(23)28)19-16(24-13-29-14(2)26)10-7-11-18(19)25(17)12-15-8-5-4-6-9-15/h4-11,24H,3,12-13H2,1-2H3,(H2,23,28). The highest BCUT2D eigenvalue weighted by atomic mass is 16.5. The van der Waals surface area contributed by atoms with Gasteiger partial charge in [-0.3, -0.25) is 14.4 Å². The van der Waals surface area contributed by atoms with Crippen LogP contribution in [0.4, 0.5) is 5.69 Å².